The molecule has 10 heavy (non-hydrogen) atoms. The van der Waals surface area contributed by atoms with Crippen molar-refractivity contribution in [3.05, 3.63) is 24.4 Å². The van der Waals surface area contributed by atoms with E-state index in [9.17, 15) is 0 Å². The minimum absolute atomic E-state index is 0. The first-order valence-electron chi connectivity index (χ1n) is 3.24. The molecule has 0 aliphatic carbocycles. The van der Waals surface area contributed by atoms with Crippen molar-refractivity contribution < 1.29 is 16.9 Å². The Labute approximate surface area is 69.0 Å². The van der Waals surface area contributed by atoms with Gasteiger partial charge in [-0.05, 0) is 6.58 Å². The molecule has 1 nitrogen and oxygen atoms in total. The zero-order valence-electron chi connectivity index (χ0n) is 6.65. The second-order valence-corrected chi connectivity index (χ2v) is 3.21. The molecule has 0 aromatic heterocycles. The van der Waals surface area contributed by atoms with Crippen molar-refractivity contribution in [1.82, 2.24) is 0 Å². The van der Waals surface area contributed by atoms with Crippen LogP contribution in [0.15, 0.2) is 24.4 Å². The molecule has 0 aromatic carbocycles. The highest BCUT2D eigenvalue weighted by molar-refractivity contribution is 5.22. The Balaban J connectivity index is 0.000000810. The Morgan fingerprint density at radius 1 is 1.30 bits per heavy atom. The third-order valence-electron chi connectivity index (χ3n) is 2.11. The van der Waals surface area contributed by atoms with Gasteiger partial charge in [0.25, 0.3) is 0 Å². The van der Waals surface area contributed by atoms with Gasteiger partial charge in [0.1, 0.15) is 5.70 Å². The van der Waals surface area contributed by atoms with Crippen LogP contribution >= 0.6 is 0 Å². The van der Waals surface area contributed by atoms with Crippen molar-refractivity contribution in [2.45, 2.75) is 6.42 Å². The van der Waals surface area contributed by atoms with Gasteiger partial charge >= 0.3 is 0 Å². The third-order valence-corrected chi connectivity index (χ3v) is 2.11. The van der Waals surface area contributed by atoms with Gasteiger partial charge in [0.2, 0.25) is 0 Å². The fourth-order valence-corrected chi connectivity index (χ4v) is 1.12. The Bertz CT molecular complexity index is 170. The first-order chi connectivity index (χ1) is 4.04. The Kier molecular flexibility index (Phi) is 2.69. The van der Waals surface area contributed by atoms with E-state index in [-0.39, 0.29) is 12.4 Å². The number of likely N-dealkylation sites (N-methyl/N-ethyl adjacent to an activating group) is 1. The Morgan fingerprint density at radius 2 is 1.80 bits per heavy atom. The van der Waals surface area contributed by atoms with Crippen LogP contribution in [0.2, 0.25) is 0 Å². The van der Waals surface area contributed by atoms with E-state index in [2.05, 4.69) is 27.3 Å². The lowest BCUT2D eigenvalue weighted by Gasteiger charge is -2.23. The second-order valence-electron chi connectivity index (χ2n) is 3.21. The predicted molar refractivity (Wildman–Crippen MR) is 39.9 cm³/mol. The number of quaternary nitrogens is 1. The number of allylic oxidation sites excluding steroid dienone is 1. The third kappa shape index (κ3) is 1.41. The van der Waals surface area contributed by atoms with Gasteiger partial charge in [-0.1, -0.05) is 6.58 Å². The molecule has 1 heterocycles. The van der Waals surface area contributed by atoms with E-state index in [1.165, 1.54) is 11.3 Å². The molecular weight excluding hydrogens is 146 g/mol. The molecule has 1 aliphatic heterocycles. The summed E-state index contributed by atoms with van der Waals surface area (Å²) in [4.78, 5) is 0. The molecular formula is C8H14ClN. The van der Waals surface area contributed by atoms with E-state index in [0.29, 0.717) is 0 Å². The lowest BCUT2D eigenvalue weighted by molar-refractivity contribution is -0.840. The van der Waals surface area contributed by atoms with Crippen LogP contribution in [0.4, 0.5) is 0 Å². The molecule has 1 saturated heterocycles. The minimum Gasteiger partial charge on any atom is -1.00 e. The van der Waals surface area contributed by atoms with Gasteiger partial charge in [-0.2, -0.15) is 0 Å². The van der Waals surface area contributed by atoms with Crippen molar-refractivity contribution in [3.63, 3.8) is 0 Å². The van der Waals surface area contributed by atoms with E-state index >= 15 is 0 Å². The molecule has 0 atom stereocenters. The van der Waals surface area contributed by atoms with E-state index in [4.69, 9.17) is 0 Å². The molecule has 0 amide bonds. The van der Waals surface area contributed by atoms with Gasteiger partial charge < -0.3 is 12.4 Å². The molecule has 1 aliphatic rings. The van der Waals surface area contributed by atoms with Crippen LogP contribution in [0.1, 0.15) is 6.42 Å². The standard InChI is InChI=1S/C8H14N.ClH/c1-7-5-6-9(3,4)8(7)2;/h1-2,5-6H2,3-4H3;1H/q+1;/p-1. The fourth-order valence-electron chi connectivity index (χ4n) is 1.12. The lowest BCUT2D eigenvalue weighted by atomic mass is 10.2. The van der Waals surface area contributed by atoms with Crippen LogP contribution in [0, 0.1) is 0 Å². The van der Waals surface area contributed by atoms with Gasteiger partial charge in [0.15, 0.2) is 0 Å². The monoisotopic (exact) mass is 159 g/mol. The van der Waals surface area contributed by atoms with Crippen LogP contribution in [-0.4, -0.2) is 25.1 Å². The van der Waals surface area contributed by atoms with Gasteiger partial charge in [0.05, 0.1) is 20.6 Å². The average Bonchev–Trinajstić information content (AvgIpc) is 1.97. The highest BCUT2D eigenvalue weighted by Crippen LogP contribution is 2.27. The van der Waals surface area contributed by atoms with Crippen molar-refractivity contribution in [2.75, 3.05) is 20.6 Å². The summed E-state index contributed by atoms with van der Waals surface area (Å²) in [6.45, 7) is 9.04. The molecule has 0 spiro atoms. The summed E-state index contributed by atoms with van der Waals surface area (Å²) in [5, 5.41) is 0. The highest BCUT2D eigenvalue weighted by Gasteiger charge is 2.29. The predicted octanol–water partition coefficient (Wildman–Crippen LogP) is -1.46. The Hall–Kier alpha value is -0.270. The van der Waals surface area contributed by atoms with Crippen molar-refractivity contribution >= 4 is 0 Å². The average molecular weight is 160 g/mol. The van der Waals surface area contributed by atoms with Gasteiger partial charge in [-0.3, -0.25) is 4.48 Å². The number of hydrogen-bond acceptors (Lipinski definition) is 0. The maximum atomic E-state index is 3.96. The van der Waals surface area contributed by atoms with Gasteiger partial charge in [-0.15, -0.1) is 0 Å². The quantitative estimate of drug-likeness (QED) is 0.379. The van der Waals surface area contributed by atoms with E-state index in [1.807, 2.05) is 0 Å². The van der Waals surface area contributed by atoms with Gasteiger partial charge in [0, 0.05) is 12.0 Å². The molecule has 0 aromatic rings. The van der Waals surface area contributed by atoms with Crippen molar-refractivity contribution in [2.24, 2.45) is 0 Å². The molecule has 0 N–H and O–H groups in total. The number of halogens is 1. The summed E-state index contributed by atoms with van der Waals surface area (Å²) >= 11 is 0. The maximum absolute atomic E-state index is 3.96. The molecule has 0 bridgehead atoms. The van der Waals surface area contributed by atoms with E-state index < -0.39 is 0 Å². The first-order valence-corrected chi connectivity index (χ1v) is 3.24. The summed E-state index contributed by atoms with van der Waals surface area (Å²) in [5.74, 6) is 0. The number of hydrogen-bond donors (Lipinski definition) is 0. The van der Waals surface area contributed by atoms with Crippen LogP contribution in [0.25, 0.3) is 0 Å². The SMILES string of the molecule is C=C1CC[N+](C)(C)C1=C.[Cl-]. The fraction of sp³-hybridized carbons (Fsp3) is 0.500. The topological polar surface area (TPSA) is 0 Å². The van der Waals surface area contributed by atoms with Crippen molar-refractivity contribution in [1.29, 1.82) is 0 Å². The smallest absolute Gasteiger partial charge is 0.128 e. The number of likely N-dealkylation sites (tertiary alicyclic amines) is 1. The molecule has 0 unspecified atom stereocenters. The summed E-state index contributed by atoms with van der Waals surface area (Å²) < 4.78 is 0.929. The molecule has 1 rings (SSSR count). The van der Waals surface area contributed by atoms with Crippen LogP contribution in [0.3, 0.4) is 0 Å². The summed E-state index contributed by atoms with van der Waals surface area (Å²) in [5.41, 5.74) is 2.41. The van der Waals surface area contributed by atoms with Crippen LogP contribution in [0.5, 0.6) is 0 Å². The summed E-state index contributed by atoms with van der Waals surface area (Å²) in [6, 6.07) is 0. The maximum Gasteiger partial charge on any atom is 0.128 e. The lowest BCUT2D eigenvalue weighted by Crippen LogP contribution is -3.00. The summed E-state index contributed by atoms with van der Waals surface area (Å²) in [6.07, 6.45) is 1.12. The van der Waals surface area contributed by atoms with E-state index in [0.717, 1.165) is 17.4 Å². The van der Waals surface area contributed by atoms with Crippen LogP contribution in [-0.2, 0) is 0 Å². The molecule has 1 fully saturated rings. The molecule has 2 heteroatoms. The number of nitrogens with zero attached hydrogens (tertiary/aromatic N) is 1. The van der Waals surface area contributed by atoms with Crippen molar-refractivity contribution in [3.8, 4) is 0 Å². The minimum atomic E-state index is 0. The van der Waals surface area contributed by atoms with E-state index in [1.54, 1.807) is 0 Å². The first kappa shape index (κ1) is 9.73. The molecule has 58 valence electrons. The summed E-state index contributed by atoms with van der Waals surface area (Å²) in [7, 11) is 4.33. The Morgan fingerprint density at radius 3 is 1.90 bits per heavy atom. The zero-order chi connectivity index (χ0) is 7.07. The normalized spacial score (nSPS) is 22.6. The second kappa shape index (κ2) is 2.77. The highest BCUT2D eigenvalue weighted by atomic mass is 35.5. The zero-order valence-corrected chi connectivity index (χ0v) is 7.41. The van der Waals surface area contributed by atoms with Crippen LogP contribution < -0.4 is 12.4 Å². The van der Waals surface area contributed by atoms with Gasteiger partial charge in [-0.25, -0.2) is 0 Å². The largest absolute Gasteiger partial charge is 1.00 e. The number of rotatable bonds is 0. The molecule has 0 saturated carbocycles. The molecule has 0 radical (unpaired) electrons.